The maximum atomic E-state index is 12.2. The molecule has 144 valence electrons. The van der Waals surface area contributed by atoms with Crippen molar-refractivity contribution in [3.63, 3.8) is 0 Å². The quantitative estimate of drug-likeness (QED) is 0.717. The van der Waals surface area contributed by atoms with Gasteiger partial charge in [0.25, 0.3) is 0 Å². The van der Waals surface area contributed by atoms with Crippen molar-refractivity contribution in [2.75, 3.05) is 0 Å². The third kappa shape index (κ3) is 6.46. The van der Waals surface area contributed by atoms with Crippen LogP contribution in [-0.2, 0) is 34.3 Å². The maximum absolute atomic E-state index is 12.2. The van der Waals surface area contributed by atoms with E-state index in [0.29, 0.717) is 6.54 Å². The van der Waals surface area contributed by atoms with Crippen LogP contribution in [0.5, 0.6) is 0 Å². The second-order valence-corrected chi connectivity index (χ2v) is 10.7. The summed E-state index contributed by atoms with van der Waals surface area (Å²) in [6.45, 7) is 11.5. The molecule has 1 aromatic heterocycles. The lowest BCUT2D eigenvalue weighted by atomic mass is 9.98. The molecule has 2 aromatic rings. The van der Waals surface area contributed by atoms with Gasteiger partial charge in [0.1, 0.15) is 0 Å². The van der Waals surface area contributed by atoms with Gasteiger partial charge in [0.15, 0.2) is 0 Å². The summed E-state index contributed by atoms with van der Waals surface area (Å²) in [5, 5.41) is 4.53. The largest absolute Gasteiger partial charge is 0.308 e. The predicted molar refractivity (Wildman–Crippen MR) is 109 cm³/mol. The van der Waals surface area contributed by atoms with Gasteiger partial charge >= 0.3 is 0 Å². The standard InChI is InChI=1S/C19H29N3O2S2/c1-14(2)22-26(23,24)13-16-9-7-6-8-15(16)10-20-11-17-12-21-18(25-17)19(3,4)5/h6-9,12,14,20,22H,10-11,13H2,1-5H3. The van der Waals surface area contributed by atoms with Crippen molar-refractivity contribution in [1.82, 2.24) is 15.0 Å². The van der Waals surface area contributed by atoms with Crippen molar-refractivity contribution in [3.05, 3.63) is 51.5 Å². The highest BCUT2D eigenvalue weighted by Gasteiger charge is 2.18. The summed E-state index contributed by atoms with van der Waals surface area (Å²) < 4.78 is 27.1. The summed E-state index contributed by atoms with van der Waals surface area (Å²) in [7, 11) is -3.33. The molecule has 0 aliphatic rings. The lowest BCUT2D eigenvalue weighted by Crippen LogP contribution is -2.31. The topological polar surface area (TPSA) is 71.1 Å². The number of hydrogen-bond donors (Lipinski definition) is 2. The zero-order valence-electron chi connectivity index (χ0n) is 16.2. The zero-order chi connectivity index (χ0) is 19.4. The Labute approximate surface area is 161 Å². The summed E-state index contributed by atoms with van der Waals surface area (Å²) >= 11 is 1.72. The van der Waals surface area contributed by atoms with Crippen molar-refractivity contribution in [2.24, 2.45) is 0 Å². The van der Waals surface area contributed by atoms with E-state index in [1.165, 1.54) is 4.88 Å². The molecule has 0 bridgehead atoms. The maximum Gasteiger partial charge on any atom is 0.216 e. The van der Waals surface area contributed by atoms with Crippen LogP contribution in [0.25, 0.3) is 0 Å². The molecule has 1 aromatic carbocycles. The van der Waals surface area contributed by atoms with Gasteiger partial charge in [-0.1, -0.05) is 45.0 Å². The Morgan fingerprint density at radius 2 is 1.77 bits per heavy atom. The van der Waals surface area contributed by atoms with Gasteiger partial charge < -0.3 is 5.32 Å². The van der Waals surface area contributed by atoms with Crippen LogP contribution < -0.4 is 10.0 Å². The van der Waals surface area contributed by atoms with E-state index in [1.807, 2.05) is 44.3 Å². The number of nitrogens with zero attached hydrogens (tertiary/aromatic N) is 1. The molecule has 5 nitrogen and oxygen atoms in total. The molecule has 2 N–H and O–H groups in total. The number of thiazole rings is 1. The van der Waals surface area contributed by atoms with E-state index in [-0.39, 0.29) is 17.2 Å². The fraction of sp³-hybridized carbons (Fsp3) is 0.526. The fourth-order valence-corrected chi connectivity index (χ4v) is 4.96. The molecule has 0 saturated heterocycles. The summed E-state index contributed by atoms with van der Waals surface area (Å²) in [6.07, 6.45) is 1.92. The van der Waals surface area contributed by atoms with Gasteiger partial charge in [-0.25, -0.2) is 18.1 Å². The Morgan fingerprint density at radius 3 is 2.35 bits per heavy atom. The lowest BCUT2D eigenvalue weighted by Gasteiger charge is -2.14. The molecule has 0 fully saturated rings. The molecule has 0 aliphatic heterocycles. The van der Waals surface area contributed by atoms with Crippen LogP contribution in [0.2, 0.25) is 0 Å². The Kier molecular flexibility index (Phi) is 6.96. The van der Waals surface area contributed by atoms with Gasteiger partial charge in [-0.2, -0.15) is 0 Å². The molecule has 7 heteroatoms. The SMILES string of the molecule is CC(C)NS(=O)(=O)Cc1ccccc1CNCc1cnc(C(C)(C)C)s1. The Hall–Kier alpha value is -1.28. The van der Waals surface area contributed by atoms with Crippen LogP contribution >= 0.6 is 11.3 Å². The normalized spacial score (nSPS) is 12.7. The summed E-state index contributed by atoms with van der Waals surface area (Å²) in [5.74, 6) is -0.00222. The van der Waals surface area contributed by atoms with Gasteiger partial charge in [0.2, 0.25) is 10.0 Å². The monoisotopic (exact) mass is 395 g/mol. The molecule has 0 unspecified atom stereocenters. The van der Waals surface area contributed by atoms with Crippen LogP contribution in [0.1, 0.15) is 55.6 Å². The van der Waals surface area contributed by atoms with Crippen LogP contribution in [0, 0.1) is 0 Å². The second-order valence-electron chi connectivity index (χ2n) is 7.79. The molecule has 0 aliphatic carbocycles. The van der Waals surface area contributed by atoms with Crippen molar-refractivity contribution in [3.8, 4) is 0 Å². The summed E-state index contributed by atoms with van der Waals surface area (Å²) in [4.78, 5) is 5.68. The molecule has 0 amide bonds. The minimum Gasteiger partial charge on any atom is -0.308 e. The van der Waals surface area contributed by atoms with Gasteiger partial charge in [-0.05, 0) is 25.0 Å². The Bertz CT molecular complexity index is 821. The van der Waals surface area contributed by atoms with Gasteiger partial charge in [-0.3, -0.25) is 0 Å². The van der Waals surface area contributed by atoms with E-state index in [4.69, 9.17) is 0 Å². The van der Waals surface area contributed by atoms with Crippen molar-refractivity contribution >= 4 is 21.4 Å². The van der Waals surface area contributed by atoms with Gasteiger partial charge in [0, 0.05) is 35.6 Å². The summed E-state index contributed by atoms with van der Waals surface area (Å²) in [5.41, 5.74) is 1.89. The molecule has 1 heterocycles. The summed E-state index contributed by atoms with van der Waals surface area (Å²) in [6, 6.07) is 7.56. The number of rotatable bonds is 8. The van der Waals surface area contributed by atoms with Crippen molar-refractivity contribution in [2.45, 2.75) is 64.9 Å². The molecule has 0 radical (unpaired) electrons. The first-order valence-electron chi connectivity index (χ1n) is 8.79. The molecule has 0 atom stereocenters. The van der Waals surface area contributed by atoms with E-state index in [9.17, 15) is 8.42 Å². The van der Waals surface area contributed by atoms with E-state index < -0.39 is 10.0 Å². The van der Waals surface area contributed by atoms with Gasteiger partial charge in [-0.15, -0.1) is 11.3 Å². The Balaban J connectivity index is 1.99. The predicted octanol–water partition coefficient (Wildman–Crippen LogP) is 3.56. The molecule has 26 heavy (non-hydrogen) atoms. The van der Waals surface area contributed by atoms with E-state index >= 15 is 0 Å². The number of nitrogens with one attached hydrogen (secondary N) is 2. The minimum atomic E-state index is -3.33. The first kappa shape index (κ1) is 21.0. The zero-order valence-corrected chi connectivity index (χ0v) is 17.8. The Morgan fingerprint density at radius 1 is 1.12 bits per heavy atom. The molecule has 0 spiro atoms. The first-order valence-corrected chi connectivity index (χ1v) is 11.3. The number of hydrogen-bond acceptors (Lipinski definition) is 5. The van der Waals surface area contributed by atoms with Gasteiger partial charge in [0.05, 0.1) is 10.8 Å². The minimum absolute atomic E-state index is 0.00222. The number of sulfonamides is 1. The van der Waals surface area contributed by atoms with Crippen LogP contribution in [0.3, 0.4) is 0 Å². The van der Waals surface area contributed by atoms with Crippen LogP contribution in [-0.4, -0.2) is 19.4 Å². The van der Waals surface area contributed by atoms with E-state index in [1.54, 1.807) is 11.3 Å². The highest BCUT2D eigenvalue weighted by molar-refractivity contribution is 7.88. The number of aromatic nitrogens is 1. The fourth-order valence-electron chi connectivity index (χ4n) is 2.53. The van der Waals surface area contributed by atoms with Crippen molar-refractivity contribution < 1.29 is 8.42 Å². The average Bonchev–Trinajstić information content (AvgIpc) is 2.96. The van der Waals surface area contributed by atoms with Crippen molar-refractivity contribution in [1.29, 1.82) is 0 Å². The lowest BCUT2D eigenvalue weighted by molar-refractivity contribution is 0.568. The molecular formula is C19H29N3O2S2. The molecule has 2 rings (SSSR count). The van der Waals surface area contributed by atoms with Crippen LogP contribution in [0.4, 0.5) is 0 Å². The average molecular weight is 396 g/mol. The smallest absolute Gasteiger partial charge is 0.216 e. The van der Waals surface area contributed by atoms with Crippen LogP contribution in [0.15, 0.2) is 30.5 Å². The third-order valence-electron chi connectivity index (χ3n) is 3.69. The van der Waals surface area contributed by atoms with E-state index in [0.717, 1.165) is 22.7 Å². The molecule has 0 saturated carbocycles. The highest BCUT2D eigenvalue weighted by atomic mass is 32.2. The number of benzene rings is 1. The van der Waals surface area contributed by atoms with E-state index in [2.05, 4.69) is 35.8 Å². The molecular weight excluding hydrogens is 366 g/mol. The first-order chi connectivity index (χ1) is 12.1. The second kappa shape index (κ2) is 8.61. The third-order valence-corrected chi connectivity index (χ3v) is 6.63. The highest BCUT2D eigenvalue weighted by Crippen LogP contribution is 2.26.